The number of hydrogen-bond donors (Lipinski definition) is 1. The molecule has 0 saturated carbocycles. The smallest absolute Gasteiger partial charge is 0.134 e. The highest BCUT2D eigenvalue weighted by Crippen LogP contribution is 2.24. The molecule has 1 aromatic rings. The van der Waals surface area contributed by atoms with Crippen LogP contribution in [0.1, 0.15) is 44.7 Å². The van der Waals surface area contributed by atoms with Gasteiger partial charge in [-0.1, -0.05) is 17.8 Å². The maximum Gasteiger partial charge on any atom is 0.134 e. The summed E-state index contributed by atoms with van der Waals surface area (Å²) in [5, 5.41) is 8.93. The zero-order valence-corrected chi connectivity index (χ0v) is 13.9. The number of nitrogens with one attached hydrogen (secondary N) is 1. The van der Waals surface area contributed by atoms with E-state index in [0.717, 1.165) is 31.2 Å². The molecule has 5 nitrogen and oxygen atoms in total. The Labute approximate surface area is 131 Å². The van der Waals surface area contributed by atoms with Crippen LogP contribution in [0.5, 0.6) is 0 Å². The van der Waals surface area contributed by atoms with E-state index in [9.17, 15) is 0 Å². The summed E-state index contributed by atoms with van der Waals surface area (Å²) in [5.41, 5.74) is 1.13. The molecule has 1 atom stereocenters. The standard InChI is InChI=1S/C15H27N5S/c1-2-7-16-15-14(17-18-21-15)12-19-10-6-13(11-19)20-8-4-3-5-9-20/h13,16H,2-12H2,1H3. The van der Waals surface area contributed by atoms with Gasteiger partial charge in [-0.25, -0.2) is 0 Å². The molecule has 6 heteroatoms. The van der Waals surface area contributed by atoms with Crippen molar-refractivity contribution in [1.29, 1.82) is 0 Å². The van der Waals surface area contributed by atoms with E-state index < -0.39 is 0 Å². The Hall–Kier alpha value is -0.720. The van der Waals surface area contributed by atoms with Crippen molar-refractivity contribution in [1.82, 2.24) is 19.4 Å². The minimum Gasteiger partial charge on any atom is -0.374 e. The maximum absolute atomic E-state index is 4.32. The molecule has 3 rings (SSSR count). The summed E-state index contributed by atoms with van der Waals surface area (Å²) in [5.74, 6) is 0. The van der Waals surface area contributed by atoms with Gasteiger partial charge in [0.1, 0.15) is 10.7 Å². The lowest BCUT2D eigenvalue weighted by atomic mass is 10.1. The number of aromatic nitrogens is 2. The Bertz CT molecular complexity index is 429. The largest absolute Gasteiger partial charge is 0.374 e. The van der Waals surface area contributed by atoms with Gasteiger partial charge in [0.25, 0.3) is 0 Å². The van der Waals surface area contributed by atoms with Crippen molar-refractivity contribution in [2.75, 3.05) is 38.0 Å². The maximum atomic E-state index is 4.32. The second kappa shape index (κ2) is 7.51. The van der Waals surface area contributed by atoms with Gasteiger partial charge >= 0.3 is 0 Å². The van der Waals surface area contributed by atoms with Crippen LogP contribution in [0, 0.1) is 0 Å². The van der Waals surface area contributed by atoms with Crippen molar-refractivity contribution >= 4 is 16.5 Å². The first-order valence-corrected chi connectivity index (χ1v) is 9.15. The van der Waals surface area contributed by atoms with Crippen LogP contribution in [-0.4, -0.2) is 58.2 Å². The van der Waals surface area contributed by atoms with Crippen LogP contribution in [0.25, 0.3) is 0 Å². The van der Waals surface area contributed by atoms with E-state index in [2.05, 4.69) is 31.6 Å². The van der Waals surface area contributed by atoms with Gasteiger partial charge in [-0.05, 0) is 38.8 Å². The van der Waals surface area contributed by atoms with Gasteiger partial charge in [0, 0.05) is 43.8 Å². The lowest BCUT2D eigenvalue weighted by Crippen LogP contribution is -2.40. The SMILES string of the molecule is CCCNc1snnc1CN1CCC(N2CCCCC2)C1. The fraction of sp³-hybridized carbons (Fsp3) is 0.867. The lowest BCUT2D eigenvalue weighted by molar-refractivity contribution is 0.161. The zero-order valence-electron chi connectivity index (χ0n) is 13.1. The highest BCUT2D eigenvalue weighted by atomic mass is 32.1. The third-order valence-electron chi connectivity index (χ3n) is 4.62. The van der Waals surface area contributed by atoms with E-state index in [1.54, 1.807) is 0 Å². The summed E-state index contributed by atoms with van der Waals surface area (Å²) in [4.78, 5) is 5.26. The average molecular weight is 309 g/mol. The molecule has 21 heavy (non-hydrogen) atoms. The number of anilines is 1. The predicted molar refractivity (Wildman–Crippen MR) is 87.8 cm³/mol. The molecule has 2 saturated heterocycles. The molecule has 0 aromatic carbocycles. The Morgan fingerprint density at radius 2 is 2.10 bits per heavy atom. The fourth-order valence-corrected chi connectivity index (χ4v) is 4.03. The van der Waals surface area contributed by atoms with Gasteiger partial charge in [0.2, 0.25) is 0 Å². The normalized spacial score (nSPS) is 24.5. The second-order valence-electron chi connectivity index (χ2n) is 6.25. The molecule has 0 bridgehead atoms. The minimum atomic E-state index is 0.768. The summed E-state index contributed by atoms with van der Waals surface area (Å²) < 4.78 is 4.12. The first-order valence-electron chi connectivity index (χ1n) is 8.38. The third kappa shape index (κ3) is 3.93. The van der Waals surface area contributed by atoms with Gasteiger partial charge in [0.05, 0.1) is 0 Å². The van der Waals surface area contributed by atoms with Crippen molar-refractivity contribution in [2.45, 2.75) is 51.6 Å². The molecule has 2 aliphatic heterocycles. The van der Waals surface area contributed by atoms with Crippen LogP contribution in [0.4, 0.5) is 5.00 Å². The molecule has 2 fully saturated rings. The van der Waals surface area contributed by atoms with Gasteiger partial charge in [-0.2, -0.15) is 0 Å². The molecule has 0 radical (unpaired) electrons. The van der Waals surface area contributed by atoms with Gasteiger partial charge in [-0.3, -0.25) is 9.80 Å². The van der Waals surface area contributed by atoms with E-state index >= 15 is 0 Å². The summed E-state index contributed by atoms with van der Waals surface area (Å²) in [7, 11) is 0. The molecule has 0 amide bonds. The highest BCUT2D eigenvalue weighted by molar-refractivity contribution is 7.10. The molecule has 1 unspecified atom stereocenters. The number of piperidine rings is 1. The summed E-state index contributed by atoms with van der Waals surface area (Å²) in [6.45, 7) is 9.15. The summed E-state index contributed by atoms with van der Waals surface area (Å²) >= 11 is 1.49. The number of hydrogen-bond acceptors (Lipinski definition) is 6. The van der Waals surface area contributed by atoms with Crippen molar-refractivity contribution in [3.63, 3.8) is 0 Å². The lowest BCUT2D eigenvalue weighted by Gasteiger charge is -2.32. The monoisotopic (exact) mass is 309 g/mol. The molecule has 1 aromatic heterocycles. The van der Waals surface area contributed by atoms with Crippen LogP contribution in [0.2, 0.25) is 0 Å². The van der Waals surface area contributed by atoms with Crippen LogP contribution < -0.4 is 5.32 Å². The number of rotatable bonds is 6. The van der Waals surface area contributed by atoms with E-state index in [-0.39, 0.29) is 0 Å². The minimum absolute atomic E-state index is 0.768. The third-order valence-corrected chi connectivity index (χ3v) is 5.35. The van der Waals surface area contributed by atoms with Crippen LogP contribution in [0.3, 0.4) is 0 Å². The van der Waals surface area contributed by atoms with Gasteiger partial charge < -0.3 is 5.32 Å². The topological polar surface area (TPSA) is 44.3 Å². The van der Waals surface area contributed by atoms with Crippen molar-refractivity contribution in [2.24, 2.45) is 0 Å². The molecule has 0 spiro atoms. The molecular weight excluding hydrogens is 282 g/mol. The van der Waals surface area contributed by atoms with Crippen molar-refractivity contribution < 1.29 is 0 Å². The molecular formula is C15H27N5S. The molecule has 0 aliphatic carbocycles. The highest BCUT2D eigenvalue weighted by Gasteiger charge is 2.29. The van der Waals surface area contributed by atoms with Crippen LogP contribution in [-0.2, 0) is 6.54 Å². The molecule has 118 valence electrons. The number of likely N-dealkylation sites (tertiary alicyclic amines) is 2. The second-order valence-corrected chi connectivity index (χ2v) is 7.00. The average Bonchev–Trinajstić information content (AvgIpc) is 3.16. The Morgan fingerprint density at radius 1 is 1.24 bits per heavy atom. The Kier molecular flexibility index (Phi) is 5.43. The van der Waals surface area contributed by atoms with Gasteiger partial charge in [-0.15, -0.1) is 5.10 Å². The fourth-order valence-electron chi connectivity index (χ4n) is 3.43. The van der Waals surface area contributed by atoms with Crippen molar-refractivity contribution in [3.8, 4) is 0 Å². The summed E-state index contributed by atoms with van der Waals surface area (Å²) in [6.07, 6.45) is 6.65. The van der Waals surface area contributed by atoms with Crippen LogP contribution in [0.15, 0.2) is 0 Å². The Morgan fingerprint density at radius 3 is 2.90 bits per heavy atom. The first-order chi connectivity index (χ1) is 10.4. The van der Waals surface area contributed by atoms with E-state index in [1.807, 2.05) is 0 Å². The predicted octanol–water partition coefficient (Wildman–Crippen LogP) is 2.42. The van der Waals surface area contributed by atoms with Crippen molar-refractivity contribution in [3.05, 3.63) is 5.69 Å². The number of nitrogens with zero attached hydrogens (tertiary/aromatic N) is 4. The van der Waals surface area contributed by atoms with E-state index in [4.69, 9.17) is 0 Å². The van der Waals surface area contributed by atoms with E-state index in [0.29, 0.717) is 0 Å². The van der Waals surface area contributed by atoms with Crippen LogP contribution >= 0.6 is 11.5 Å². The van der Waals surface area contributed by atoms with Gasteiger partial charge in [0.15, 0.2) is 0 Å². The zero-order chi connectivity index (χ0) is 14.5. The first kappa shape index (κ1) is 15.2. The molecule has 2 aliphatic rings. The van der Waals surface area contributed by atoms with E-state index in [1.165, 1.54) is 68.4 Å². The Balaban J connectivity index is 1.51. The quantitative estimate of drug-likeness (QED) is 0.874. The molecule has 1 N–H and O–H groups in total. The summed E-state index contributed by atoms with van der Waals surface area (Å²) in [6, 6.07) is 0.768. The molecule has 3 heterocycles.